The third-order valence-corrected chi connectivity index (χ3v) is 4.81. The molecule has 78 valence electrons. The summed E-state index contributed by atoms with van der Waals surface area (Å²) in [5, 5.41) is 8.89. The molecule has 14 heavy (non-hydrogen) atoms. The second-order valence-corrected chi connectivity index (χ2v) is 5.68. The molecule has 2 rings (SSSR count). The Bertz CT molecular complexity index is 258. The van der Waals surface area contributed by atoms with Gasteiger partial charge in [-0.15, -0.1) is 0 Å². The van der Waals surface area contributed by atoms with Crippen molar-refractivity contribution in [2.45, 2.75) is 37.1 Å². The minimum Gasteiger partial charge on any atom is -0.309 e. The van der Waals surface area contributed by atoms with Crippen LogP contribution in [0, 0.1) is 0 Å². The summed E-state index contributed by atoms with van der Waals surface area (Å²) in [7, 11) is 0. The summed E-state index contributed by atoms with van der Waals surface area (Å²) in [6.45, 7) is 1.05. The van der Waals surface area contributed by atoms with Crippen LogP contribution < -0.4 is 5.32 Å². The summed E-state index contributed by atoms with van der Waals surface area (Å²) in [5.74, 6) is 0. The molecule has 1 aromatic heterocycles. The first-order valence-corrected chi connectivity index (χ1v) is 7.40. The van der Waals surface area contributed by atoms with E-state index >= 15 is 0 Å². The molecule has 0 spiro atoms. The van der Waals surface area contributed by atoms with Crippen LogP contribution in [0.2, 0.25) is 0 Å². The lowest BCUT2D eigenvalue weighted by atomic mass is 10.2. The van der Waals surface area contributed by atoms with E-state index in [0.717, 1.165) is 17.8 Å². The first-order chi connectivity index (χ1) is 6.90. The molecule has 1 aliphatic carbocycles. The van der Waals surface area contributed by atoms with Gasteiger partial charge in [0, 0.05) is 17.8 Å². The maximum Gasteiger partial charge on any atom is 0.0216 e. The van der Waals surface area contributed by atoms with E-state index in [0.29, 0.717) is 0 Å². The molecule has 1 saturated carbocycles. The summed E-state index contributed by atoms with van der Waals surface area (Å²) in [4.78, 5) is 0. The van der Waals surface area contributed by atoms with E-state index in [2.05, 4.69) is 28.4 Å². The predicted molar refractivity (Wildman–Crippen MR) is 66.1 cm³/mol. The molecule has 0 aliphatic heterocycles. The van der Waals surface area contributed by atoms with Crippen molar-refractivity contribution in [3.63, 3.8) is 0 Å². The van der Waals surface area contributed by atoms with Gasteiger partial charge in [-0.25, -0.2) is 0 Å². The van der Waals surface area contributed by atoms with Gasteiger partial charge in [-0.2, -0.15) is 23.1 Å². The number of nitrogens with one attached hydrogen (secondary N) is 1. The summed E-state index contributed by atoms with van der Waals surface area (Å²) >= 11 is 3.80. The molecule has 0 saturated heterocycles. The molecule has 0 radical (unpaired) electrons. The largest absolute Gasteiger partial charge is 0.309 e. The maximum atomic E-state index is 3.67. The van der Waals surface area contributed by atoms with Crippen LogP contribution in [-0.2, 0) is 6.54 Å². The summed E-state index contributed by atoms with van der Waals surface area (Å²) in [6.07, 6.45) is 6.38. The third-order valence-electron chi connectivity index (χ3n) is 2.90. The van der Waals surface area contributed by atoms with Gasteiger partial charge in [-0.05, 0) is 41.5 Å². The Morgan fingerprint density at radius 3 is 3.21 bits per heavy atom. The van der Waals surface area contributed by atoms with Crippen molar-refractivity contribution >= 4 is 23.1 Å². The molecule has 1 fully saturated rings. The quantitative estimate of drug-likeness (QED) is 0.848. The lowest BCUT2D eigenvalue weighted by Crippen LogP contribution is -2.33. The third kappa shape index (κ3) is 2.53. The molecule has 0 bridgehead atoms. The molecule has 1 nitrogen and oxygen atoms in total. The van der Waals surface area contributed by atoms with E-state index in [-0.39, 0.29) is 0 Å². The number of thioether (sulfide) groups is 1. The summed E-state index contributed by atoms with van der Waals surface area (Å²) in [5.41, 5.74) is 1.43. The Hall–Kier alpha value is 0.01000. The highest BCUT2D eigenvalue weighted by Gasteiger charge is 2.25. The highest BCUT2D eigenvalue weighted by molar-refractivity contribution is 7.99. The predicted octanol–water partition coefficient (Wildman–Crippen LogP) is 3.12. The Labute approximate surface area is 94.3 Å². The Morgan fingerprint density at radius 1 is 1.57 bits per heavy atom. The van der Waals surface area contributed by atoms with Crippen LogP contribution in [0.25, 0.3) is 0 Å². The normalized spacial score (nSPS) is 26.9. The highest BCUT2D eigenvalue weighted by atomic mass is 32.2. The molecule has 2 atom stereocenters. The van der Waals surface area contributed by atoms with Crippen molar-refractivity contribution in [3.8, 4) is 0 Å². The van der Waals surface area contributed by atoms with E-state index in [1.807, 2.05) is 11.8 Å². The second kappa shape index (κ2) is 5.19. The molecule has 1 aromatic rings. The Morgan fingerprint density at radius 2 is 2.50 bits per heavy atom. The monoisotopic (exact) mass is 227 g/mol. The molecular weight excluding hydrogens is 210 g/mol. The summed E-state index contributed by atoms with van der Waals surface area (Å²) in [6, 6.07) is 2.95. The van der Waals surface area contributed by atoms with E-state index in [1.165, 1.54) is 24.8 Å². The van der Waals surface area contributed by atoms with Crippen LogP contribution >= 0.6 is 23.1 Å². The van der Waals surface area contributed by atoms with Gasteiger partial charge in [-0.3, -0.25) is 0 Å². The van der Waals surface area contributed by atoms with Crippen molar-refractivity contribution in [2.24, 2.45) is 0 Å². The zero-order valence-electron chi connectivity index (χ0n) is 8.53. The maximum absolute atomic E-state index is 3.67. The fraction of sp³-hybridized carbons (Fsp3) is 0.636. The topological polar surface area (TPSA) is 12.0 Å². The van der Waals surface area contributed by atoms with Crippen LogP contribution in [0.4, 0.5) is 0 Å². The van der Waals surface area contributed by atoms with Gasteiger partial charge in [0.05, 0.1) is 0 Å². The van der Waals surface area contributed by atoms with Crippen molar-refractivity contribution < 1.29 is 0 Å². The van der Waals surface area contributed by atoms with Crippen LogP contribution in [-0.4, -0.2) is 17.5 Å². The zero-order chi connectivity index (χ0) is 9.80. The first-order valence-electron chi connectivity index (χ1n) is 5.17. The number of rotatable bonds is 4. The fourth-order valence-corrected chi connectivity index (χ4v) is 3.72. The fourth-order valence-electron chi connectivity index (χ4n) is 2.08. The molecule has 1 N–H and O–H groups in total. The zero-order valence-corrected chi connectivity index (χ0v) is 10.2. The average Bonchev–Trinajstić information content (AvgIpc) is 2.85. The lowest BCUT2D eigenvalue weighted by Gasteiger charge is -2.18. The minimum absolute atomic E-state index is 0.741. The van der Waals surface area contributed by atoms with E-state index in [9.17, 15) is 0 Å². The molecular formula is C11H17NS2. The van der Waals surface area contributed by atoms with Gasteiger partial charge >= 0.3 is 0 Å². The van der Waals surface area contributed by atoms with Crippen LogP contribution in [0.5, 0.6) is 0 Å². The average molecular weight is 227 g/mol. The standard InChI is InChI=1S/C11H17NS2/c1-13-11-4-2-3-10(11)12-7-9-5-6-14-8-9/h5-6,8,10-12H,2-4,7H2,1H3. The molecule has 0 aromatic carbocycles. The van der Waals surface area contributed by atoms with Crippen molar-refractivity contribution in [2.75, 3.05) is 6.26 Å². The van der Waals surface area contributed by atoms with Gasteiger partial charge in [0.2, 0.25) is 0 Å². The van der Waals surface area contributed by atoms with Crippen LogP contribution in [0.1, 0.15) is 24.8 Å². The minimum atomic E-state index is 0.741. The van der Waals surface area contributed by atoms with Crippen LogP contribution in [0.15, 0.2) is 16.8 Å². The van der Waals surface area contributed by atoms with Gasteiger partial charge in [0.15, 0.2) is 0 Å². The smallest absolute Gasteiger partial charge is 0.0216 e. The van der Waals surface area contributed by atoms with E-state index in [1.54, 1.807) is 11.3 Å². The van der Waals surface area contributed by atoms with Crippen molar-refractivity contribution in [3.05, 3.63) is 22.4 Å². The van der Waals surface area contributed by atoms with Gasteiger partial charge < -0.3 is 5.32 Å². The van der Waals surface area contributed by atoms with Gasteiger partial charge in [-0.1, -0.05) is 6.42 Å². The molecule has 2 unspecified atom stereocenters. The molecule has 3 heteroatoms. The molecule has 1 heterocycles. The molecule has 1 aliphatic rings. The first kappa shape index (κ1) is 10.5. The van der Waals surface area contributed by atoms with Gasteiger partial charge in [0.25, 0.3) is 0 Å². The number of thiophene rings is 1. The lowest BCUT2D eigenvalue weighted by molar-refractivity contribution is 0.533. The second-order valence-electron chi connectivity index (χ2n) is 3.82. The van der Waals surface area contributed by atoms with Gasteiger partial charge in [0.1, 0.15) is 0 Å². The van der Waals surface area contributed by atoms with E-state index in [4.69, 9.17) is 0 Å². The highest BCUT2D eigenvalue weighted by Crippen LogP contribution is 2.28. The summed E-state index contributed by atoms with van der Waals surface area (Å²) < 4.78 is 0. The SMILES string of the molecule is CSC1CCCC1NCc1ccsc1. The number of hydrogen-bond acceptors (Lipinski definition) is 3. The number of hydrogen-bond donors (Lipinski definition) is 1. The van der Waals surface area contributed by atoms with E-state index < -0.39 is 0 Å². The van der Waals surface area contributed by atoms with Crippen LogP contribution in [0.3, 0.4) is 0 Å². The Balaban J connectivity index is 1.80. The Kier molecular flexibility index (Phi) is 3.90. The van der Waals surface area contributed by atoms with Crippen molar-refractivity contribution in [1.29, 1.82) is 0 Å². The van der Waals surface area contributed by atoms with Crippen molar-refractivity contribution in [1.82, 2.24) is 5.32 Å². The molecule has 0 amide bonds.